The first-order chi connectivity index (χ1) is 12.4. The molecule has 3 rings (SSSR count). The predicted octanol–water partition coefficient (Wildman–Crippen LogP) is 0.938. The van der Waals surface area contributed by atoms with E-state index in [2.05, 4.69) is 5.32 Å². The average Bonchev–Trinajstić information content (AvgIpc) is 2.77. The van der Waals surface area contributed by atoms with E-state index in [0.717, 1.165) is 9.87 Å². The van der Waals surface area contributed by atoms with E-state index in [1.165, 1.54) is 36.4 Å². The van der Waals surface area contributed by atoms with Crippen LogP contribution in [0.2, 0.25) is 0 Å². The zero-order chi connectivity index (χ0) is 18.7. The van der Waals surface area contributed by atoms with E-state index in [1.54, 1.807) is 12.1 Å². The predicted molar refractivity (Wildman–Crippen MR) is 94.5 cm³/mol. The molecule has 136 valence electrons. The van der Waals surface area contributed by atoms with Crippen molar-refractivity contribution in [3.8, 4) is 11.5 Å². The second kappa shape index (κ2) is 7.57. The van der Waals surface area contributed by atoms with Crippen LogP contribution < -0.4 is 5.32 Å². The number of hydrogen-bond acceptors (Lipinski definition) is 5. The maximum Gasteiger partial charge on any atom is 0.240 e. The van der Waals surface area contributed by atoms with Gasteiger partial charge in [-0.1, -0.05) is 12.1 Å². The summed E-state index contributed by atoms with van der Waals surface area (Å²) < 4.78 is 13.8. The first-order valence-electron chi connectivity index (χ1n) is 8.01. The third-order valence-corrected chi connectivity index (χ3v) is 5.47. The summed E-state index contributed by atoms with van der Waals surface area (Å²) in [5.74, 6) is -1.17. The Labute approximate surface area is 152 Å². The Morgan fingerprint density at radius 3 is 2.19 bits per heavy atom. The van der Waals surface area contributed by atoms with Gasteiger partial charge in [0.2, 0.25) is 11.8 Å². The monoisotopic (exact) mass is 374 g/mol. The van der Waals surface area contributed by atoms with Crippen LogP contribution in [-0.2, 0) is 27.0 Å². The third kappa shape index (κ3) is 4.02. The topological polar surface area (TPSA) is 107 Å². The van der Waals surface area contributed by atoms with Gasteiger partial charge in [0.15, 0.2) is 11.0 Å². The van der Waals surface area contributed by atoms with Crippen molar-refractivity contribution in [2.75, 3.05) is 13.1 Å². The van der Waals surface area contributed by atoms with Crippen LogP contribution in [0.15, 0.2) is 53.4 Å². The fourth-order valence-corrected chi connectivity index (χ4v) is 3.87. The minimum Gasteiger partial charge on any atom is -0.508 e. The van der Waals surface area contributed by atoms with Gasteiger partial charge in [-0.25, -0.2) is 8.51 Å². The van der Waals surface area contributed by atoms with Crippen LogP contribution >= 0.6 is 0 Å². The molecule has 1 aliphatic rings. The maximum atomic E-state index is 12.9. The van der Waals surface area contributed by atoms with Crippen molar-refractivity contribution in [3.05, 3.63) is 54.1 Å². The van der Waals surface area contributed by atoms with E-state index in [9.17, 15) is 24.0 Å². The summed E-state index contributed by atoms with van der Waals surface area (Å²) in [5.41, 5.74) is 0.827. The summed E-state index contributed by atoms with van der Waals surface area (Å²) in [6.45, 7) is -0.139. The van der Waals surface area contributed by atoms with Gasteiger partial charge in [-0.3, -0.25) is 9.59 Å². The molecule has 2 aromatic carbocycles. The van der Waals surface area contributed by atoms with Crippen molar-refractivity contribution >= 4 is 22.8 Å². The highest BCUT2D eigenvalue weighted by molar-refractivity contribution is 7.83. The molecule has 0 aliphatic carbocycles. The highest BCUT2D eigenvalue weighted by Gasteiger charge is 2.33. The van der Waals surface area contributed by atoms with Gasteiger partial charge in [-0.05, 0) is 48.4 Å². The molecule has 0 saturated carbocycles. The van der Waals surface area contributed by atoms with Gasteiger partial charge in [0.25, 0.3) is 0 Å². The van der Waals surface area contributed by atoms with Crippen LogP contribution in [0, 0.1) is 5.92 Å². The zero-order valence-corrected chi connectivity index (χ0v) is 14.6. The number of amides is 2. The Hall–Kier alpha value is -2.87. The van der Waals surface area contributed by atoms with E-state index in [-0.39, 0.29) is 36.4 Å². The number of hydrogen-bond donors (Lipinski definition) is 3. The lowest BCUT2D eigenvalue weighted by Crippen LogP contribution is -2.39. The van der Waals surface area contributed by atoms with Crippen LogP contribution in [0.3, 0.4) is 0 Å². The Kier molecular flexibility index (Phi) is 5.22. The Morgan fingerprint density at radius 2 is 1.58 bits per heavy atom. The molecule has 1 heterocycles. The number of phenolic OH excluding ortho intramolecular Hbond substituents is 2. The zero-order valence-electron chi connectivity index (χ0n) is 13.8. The Bertz CT molecular complexity index is 836. The van der Waals surface area contributed by atoms with Gasteiger partial charge in [0, 0.05) is 6.54 Å². The molecule has 0 radical (unpaired) electrons. The van der Waals surface area contributed by atoms with Crippen LogP contribution in [0.4, 0.5) is 0 Å². The quantitative estimate of drug-likeness (QED) is 0.738. The molecule has 2 amide bonds. The normalized spacial score (nSPS) is 18.9. The van der Waals surface area contributed by atoms with Gasteiger partial charge < -0.3 is 15.5 Å². The van der Waals surface area contributed by atoms with Gasteiger partial charge in [-0.2, -0.15) is 0 Å². The number of rotatable bonds is 4. The van der Waals surface area contributed by atoms with E-state index in [1.807, 2.05) is 0 Å². The van der Waals surface area contributed by atoms with Crippen molar-refractivity contribution in [3.63, 3.8) is 0 Å². The summed E-state index contributed by atoms with van der Waals surface area (Å²) in [5, 5.41) is 21.4. The van der Waals surface area contributed by atoms with Crippen molar-refractivity contribution < 1.29 is 24.0 Å². The summed E-state index contributed by atoms with van der Waals surface area (Å²) in [6.07, 6.45) is 0.350. The van der Waals surface area contributed by atoms with E-state index < -0.39 is 16.9 Å². The van der Waals surface area contributed by atoms with Crippen molar-refractivity contribution in [2.45, 2.75) is 11.3 Å². The fraction of sp³-hybridized carbons (Fsp3) is 0.222. The molecule has 1 aliphatic heterocycles. The molecule has 0 aromatic heterocycles. The van der Waals surface area contributed by atoms with Crippen LogP contribution in [0.25, 0.3) is 0 Å². The number of phenols is 2. The van der Waals surface area contributed by atoms with Crippen molar-refractivity contribution in [1.82, 2.24) is 9.62 Å². The second-order valence-electron chi connectivity index (χ2n) is 5.99. The molecule has 2 unspecified atom stereocenters. The smallest absolute Gasteiger partial charge is 0.240 e. The third-order valence-electron chi connectivity index (χ3n) is 4.08. The lowest BCUT2D eigenvalue weighted by Gasteiger charge is -2.22. The number of carbonyl (C=O) groups is 2. The van der Waals surface area contributed by atoms with Gasteiger partial charge in [0.1, 0.15) is 18.0 Å². The minimum atomic E-state index is -1.85. The van der Waals surface area contributed by atoms with Gasteiger partial charge in [0.05, 0.1) is 10.8 Å². The van der Waals surface area contributed by atoms with Gasteiger partial charge >= 0.3 is 0 Å². The molecule has 0 bridgehead atoms. The second-order valence-corrected chi connectivity index (χ2v) is 7.40. The lowest BCUT2D eigenvalue weighted by atomic mass is 9.98. The van der Waals surface area contributed by atoms with Crippen molar-refractivity contribution in [1.29, 1.82) is 0 Å². The first kappa shape index (κ1) is 17.9. The maximum absolute atomic E-state index is 12.9. The summed E-state index contributed by atoms with van der Waals surface area (Å²) in [6, 6.07) is 12.1. The van der Waals surface area contributed by atoms with E-state index in [4.69, 9.17) is 0 Å². The first-order valence-corrected chi connectivity index (χ1v) is 9.11. The molecule has 8 heteroatoms. The molecule has 2 atom stereocenters. The minimum absolute atomic E-state index is 0.0240. The highest BCUT2D eigenvalue weighted by atomic mass is 32.2. The summed E-state index contributed by atoms with van der Waals surface area (Å²) in [4.78, 5) is 25.2. The molecular weight excluding hydrogens is 356 g/mol. The molecule has 1 saturated heterocycles. The Morgan fingerprint density at radius 1 is 1.00 bits per heavy atom. The number of aromatic hydroxyl groups is 2. The number of nitrogens with zero attached hydrogens (tertiary/aromatic N) is 1. The average molecular weight is 374 g/mol. The Balaban J connectivity index is 1.83. The van der Waals surface area contributed by atoms with Crippen LogP contribution in [-0.4, -0.2) is 43.6 Å². The van der Waals surface area contributed by atoms with E-state index in [0.29, 0.717) is 11.3 Å². The van der Waals surface area contributed by atoms with Crippen molar-refractivity contribution in [2.24, 2.45) is 5.92 Å². The lowest BCUT2D eigenvalue weighted by molar-refractivity contribution is -0.131. The highest BCUT2D eigenvalue weighted by Crippen LogP contribution is 2.21. The summed E-state index contributed by atoms with van der Waals surface area (Å²) in [7, 11) is -1.85. The van der Waals surface area contributed by atoms with Crippen LogP contribution in [0.5, 0.6) is 11.5 Å². The molecule has 2 aromatic rings. The number of nitrogens with one attached hydrogen (secondary N) is 1. The van der Waals surface area contributed by atoms with Gasteiger partial charge in [-0.15, -0.1) is 0 Å². The summed E-state index contributed by atoms with van der Waals surface area (Å²) >= 11 is 0. The molecule has 3 N–H and O–H groups in total. The molecular formula is C18H18N2O5S. The SMILES string of the molecule is O=C1CN(S(=O)c2ccc(O)cc2)C(=O)C(Cc2ccc(O)cc2)CN1. The largest absolute Gasteiger partial charge is 0.508 e. The van der Waals surface area contributed by atoms with E-state index >= 15 is 0 Å². The van der Waals surface area contributed by atoms with Crippen LogP contribution in [0.1, 0.15) is 5.56 Å². The molecule has 1 fully saturated rings. The number of carbonyl (C=O) groups excluding carboxylic acids is 2. The molecule has 0 spiro atoms. The fourth-order valence-electron chi connectivity index (χ4n) is 2.70. The molecule has 7 nitrogen and oxygen atoms in total. The molecule has 26 heavy (non-hydrogen) atoms. The standard InChI is InChI=1S/C18H18N2O5S/c21-14-3-1-12(2-4-14)9-13-10-19-17(23)11-20(18(13)24)26(25)16-7-5-15(22)6-8-16/h1-8,13,21-22H,9-11H2,(H,19,23). The number of benzene rings is 2.